The summed E-state index contributed by atoms with van der Waals surface area (Å²) in [7, 11) is 0. The molecule has 0 saturated carbocycles. The standard InChI is InChI=1S/C18H12Cl3N3OS/c19-13-5-1-11(2-6-13)9-17-23-24-18(26-17)22-16(25)8-4-12-3-7-14(20)10-15(12)21/h1-8,10H,9H2,(H,22,24,25)/b8-4+. The van der Waals surface area contributed by atoms with Gasteiger partial charge >= 0.3 is 0 Å². The van der Waals surface area contributed by atoms with E-state index in [-0.39, 0.29) is 5.91 Å². The summed E-state index contributed by atoms with van der Waals surface area (Å²) in [5.41, 5.74) is 1.77. The van der Waals surface area contributed by atoms with Crippen LogP contribution in [-0.2, 0) is 11.2 Å². The van der Waals surface area contributed by atoms with Crippen molar-refractivity contribution >= 4 is 63.3 Å². The van der Waals surface area contributed by atoms with Crippen LogP contribution < -0.4 is 5.32 Å². The molecule has 3 rings (SSSR count). The third-order valence-corrected chi connectivity index (χ3v) is 5.00. The fourth-order valence-corrected chi connectivity index (χ4v) is 3.48. The molecule has 1 aromatic heterocycles. The van der Waals surface area contributed by atoms with Crippen LogP contribution in [0, 0.1) is 0 Å². The maximum atomic E-state index is 12.0. The Morgan fingerprint density at radius 1 is 1.04 bits per heavy atom. The van der Waals surface area contributed by atoms with E-state index in [4.69, 9.17) is 34.8 Å². The van der Waals surface area contributed by atoms with Crippen LogP contribution in [0.2, 0.25) is 15.1 Å². The predicted molar refractivity (Wildman–Crippen MR) is 108 cm³/mol. The molecule has 0 atom stereocenters. The Morgan fingerprint density at radius 3 is 2.50 bits per heavy atom. The molecule has 0 radical (unpaired) electrons. The number of nitrogens with one attached hydrogen (secondary N) is 1. The van der Waals surface area contributed by atoms with Gasteiger partial charge in [0.1, 0.15) is 5.01 Å². The van der Waals surface area contributed by atoms with E-state index in [2.05, 4.69) is 15.5 Å². The highest BCUT2D eigenvalue weighted by Crippen LogP contribution is 2.22. The average molecular weight is 425 g/mol. The highest BCUT2D eigenvalue weighted by molar-refractivity contribution is 7.15. The lowest BCUT2D eigenvalue weighted by Crippen LogP contribution is -2.07. The SMILES string of the molecule is O=C(/C=C/c1ccc(Cl)cc1Cl)Nc1nnc(Cc2ccc(Cl)cc2)s1. The molecule has 1 amide bonds. The zero-order chi connectivity index (χ0) is 18.5. The number of carbonyl (C=O) groups excluding carboxylic acids is 1. The van der Waals surface area contributed by atoms with Crippen LogP contribution in [0.15, 0.2) is 48.5 Å². The van der Waals surface area contributed by atoms with Crippen molar-refractivity contribution in [3.63, 3.8) is 0 Å². The van der Waals surface area contributed by atoms with Crippen LogP contribution in [0.1, 0.15) is 16.1 Å². The van der Waals surface area contributed by atoms with Gasteiger partial charge in [-0.3, -0.25) is 10.1 Å². The number of benzene rings is 2. The summed E-state index contributed by atoms with van der Waals surface area (Å²) in [4.78, 5) is 12.0. The molecule has 0 aliphatic heterocycles. The average Bonchev–Trinajstić information content (AvgIpc) is 3.03. The molecule has 1 heterocycles. The van der Waals surface area contributed by atoms with E-state index in [9.17, 15) is 4.79 Å². The fourth-order valence-electron chi connectivity index (χ4n) is 2.10. The zero-order valence-corrected chi connectivity index (χ0v) is 16.3. The molecule has 0 bridgehead atoms. The second-order valence-corrected chi connectivity index (χ2v) is 7.63. The second kappa shape index (κ2) is 8.64. The molecule has 26 heavy (non-hydrogen) atoms. The molecule has 0 aliphatic carbocycles. The summed E-state index contributed by atoms with van der Waals surface area (Å²) >= 11 is 19.1. The van der Waals surface area contributed by atoms with Crippen LogP contribution in [-0.4, -0.2) is 16.1 Å². The molecule has 1 N–H and O–H groups in total. The van der Waals surface area contributed by atoms with Crippen molar-refractivity contribution in [1.29, 1.82) is 0 Å². The number of hydrogen-bond donors (Lipinski definition) is 1. The first-order valence-corrected chi connectivity index (χ1v) is 9.45. The first-order chi connectivity index (χ1) is 12.5. The Bertz CT molecular complexity index is 955. The van der Waals surface area contributed by atoms with Crippen LogP contribution >= 0.6 is 46.1 Å². The largest absolute Gasteiger partial charge is 0.297 e. The maximum absolute atomic E-state index is 12.0. The molecule has 0 fully saturated rings. The zero-order valence-electron chi connectivity index (χ0n) is 13.2. The summed E-state index contributed by atoms with van der Waals surface area (Å²) < 4.78 is 0. The molecule has 4 nitrogen and oxygen atoms in total. The van der Waals surface area contributed by atoms with Crippen molar-refractivity contribution < 1.29 is 4.79 Å². The molecular weight excluding hydrogens is 413 g/mol. The lowest BCUT2D eigenvalue weighted by molar-refractivity contribution is -0.111. The van der Waals surface area contributed by atoms with E-state index in [1.807, 2.05) is 24.3 Å². The summed E-state index contributed by atoms with van der Waals surface area (Å²) in [6.45, 7) is 0. The summed E-state index contributed by atoms with van der Waals surface area (Å²) in [6.07, 6.45) is 3.62. The summed E-state index contributed by atoms with van der Waals surface area (Å²) in [5.74, 6) is -0.315. The van der Waals surface area contributed by atoms with Crippen LogP contribution in [0.3, 0.4) is 0 Å². The minimum atomic E-state index is -0.315. The van der Waals surface area contributed by atoms with E-state index in [1.54, 1.807) is 24.3 Å². The highest BCUT2D eigenvalue weighted by atomic mass is 35.5. The van der Waals surface area contributed by atoms with Crippen LogP contribution in [0.5, 0.6) is 0 Å². The number of amides is 1. The van der Waals surface area contributed by atoms with Crippen molar-refractivity contribution in [2.75, 3.05) is 5.32 Å². The van der Waals surface area contributed by atoms with Crippen molar-refractivity contribution in [2.24, 2.45) is 0 Å². The van der Waals surface area contributed by atoms with Gasteiger partial charge in [-0.25, -0.2) is 0 Å². The monoisotopic (exact) mass is 423 g/mol. The van der Waals surface area contributed by atoms with Gasteiger partial charge in [0.2, 0.25) is 11.0 Å². The number of halogens is 3. The van der Waals surface area contributed by atoms with E-state index in [0.717, 1.165) is 10.6 Å². The van der Waals surface area contributed by atoms with Gasteiger partial charge in [-0.15, -0.1) is 10.2 Å². The topological polar surface area (TPSA) is 54.9 Å². The second-order valence-electron chi connectivity index (χ2n) is 5.29. The first-order valence-electron chi connectivity index (χ1n) is 7.50. The quantitative estimate of drug-likeness (QED) is 0.531. The predicted octanol–water partition coefficient (Wildman–Crippen LogP) is 5.74. The minimum absolute atomic E-state index is 0.315. The normalized spacial score (nSPS) is 11.0. The van der Waals surface area contributed by atoms with Gasteiger partial charge in [0, 0.05) is 27.6 Å². The van der Waals surface area contributed by atoms with Crippen molar-refractivity contribution in [3.8, 4) is 0 Å². The van der Waals surface area contributed by atoms with Gasteiger partial charge in [-0.05, 0) is 41.5 Å². The van der Waals surface area contributed by atoms with Crippen molar-refractivity contribution in [1.82, 2.24) is 10.2 Å². The number of hydrogen-bond acceptors (Lipinski definition) is 4. The Kier molecular flexibility index (Phi) is 6.27. The molecular formula is C18H12Cl3N3OS. The van der Waals surface area contributed by atoms with Gasteiger partial charge in [0.05, 0.1) is 0 Å². The molecule has 8 heteroatoms. The van der Waals surface area contributed by atoms with Gasteiger partial charge in [0.25, 0.3) is 0 Å². The molecule has 0 saturated heterocycles. The number of rotatable bonds is 5. The van der Waals surface area contributed by atoms with E-state index < -0.39 is 0 Å². The fraction of sp³-hybridized carbons (Fsp3) is 0.0556. The van der Waals surface area contributed by atoms with Crippen LogP contribution in [0.25, 0.3) is 6.08 Å². The third kappa shape index (κ3) is 5.29. The molecule has 0 unspecified atom stereocenters. The number of aromatic nitrogens is 2. The number of carbonyl (C=O) groups is 1. The minimum Gasteiger partial charge on any atom is -0.297 e. The third-order valence-electron chi connectivity index (χ3n) is 3.34. The van der Waals surface area contributed by atoms with E-state index in [0.29, 0.717) is 32.2 Å². The van der Waals surface area contributed by atoms with Crippen molar-refractivity contribution in [3.05, 3.63) is 79.7 Å². The Labute approximate surface area is 169 Å². The summed E-state index contributed by atoms with van der Waals surface area (Å²) in [5, 5.41) is 13.7. The highest BCUT2D eigenvalue weighted by Gasteiger charge is 2.07. The van der Waals surface area contributed by atoms with Gasteiger partial charge in [-0.1, -0.05) is 64.3 Å². The Morgan fingerprint density at radius 2 is 1.77 bits per heavy atom. The molecule has 2 aromatic carbocycles. The van der Waals surface area contributed by atoms with Crippen LogP contribution in [0.4, 0.5) is 5.13 Å². The van der Waals surface area contributed by atoms with Gasteiger partial charge < -0.3 is 0 Å². The maximum Gasteiger partial charge on any atom is 0.250 e. The smallest absolute Gasteiger partial charge is 0.250 e. The Balaban J connectivity index is 1.60. The lowest BCUT2D eigenvalue weighted by Gasteiger charge is -1.99. The van der Waals surface area contributed by atoms with E-state index >= 15 is 0 Å². The number of nitrogens with zero attached hydrogens (tertiary/aromatic N) is 2. The lowest BCUT2D eigenvalue weighted by atomic mass is 10.2. The molecule has 132 valence electrons. The molecule has 0 spiro atoms. The Hall–Kier alpha value is -1.92. The first kappa shape index (κ1) is 18.9. The number of anilines is 1. The summed E-state index contributed by atoms with van der Waals surface area (Å²) in [6, 6.07) is 12.6. The molecule has 3 aromatic rings. The van der Waals surface area contributed by atoms with Gasteiger partial charge in [0.15, 0.2) is 0 Å². The molecule has 0 aliphatic rings. The van der Waals surface area contributed by atoms with E-state index in [1.165, 1.54) is 17.4 Å². The van der Waals surface area contributed by atoms with Gasteiger partial charge in [-0.2, -0.15) is 0 Å². The van der Waals surface area contributed by atoms with Crippen molar-refractivity contribution in [2.45, 2.75) is 6.42 Å².